The lowest BCUT2D eigenvalue weighted by molar-refractivity contribution is -0.117. The first-order chi connectivity index (χ1) is 13.1. The van der Waals surface area contributed by atoms with Gasteiger partial charge in [-0.05, 0) is 31.9 Å². The molecule has 2 aliphatic rings. The van der Waals surface area contributed by atoms with Crippen LogP contribution in [-0.2, 0) is 14.8 Å². The van der Waals surface area contributed by atoms with E-state index in [0.29, 0.717) is 11.4 Å². The Kier molecular flexibility index (Phi) is 5.64. The largest absolute Gasteiger partial charge is 0.481 e. The third-order valence-electron chi connectivity index (χ3n) is 4.67. The molecule has 28 heavy (non-hydrogen) atoms. The van der Waals surface area contributed by atoms with E-state index in [-0.39, 0.29) is 11.8 Å². The fraction of sp³-hybridized carbons (Fsp3) is 0.471. The highest BCUT2D eigenvalue weighted by Crippen LogP contribution is 2.35. The smallest absolute Gasteiger partial charge is 0.253 e. The number of primary sulfonamides is 1. The van der Waals surface area contributed by atoms with Gasteiger partial charge in [0.05, 0.1) is 7.11 Å². The summed E-state index contributed by atoms with van der Waals surface area (Å²) in [7, 11) is -2.73. The maximum absolute atomic E-state index is 12.9. The van der Waals surface area contributed by atoms with E-state index in [9.17, 15) is 13.2 Å². The SMILES string of the molecule is COc1cc(C)nc(NC(=O)C2(Cl)C=CC(N3CCCC3)=CC2S(N)(=O)=O)n1. The normalized spacial score (nSPS) is 24.8. The molecule has 3 rings (SSSR count). The van der Waals surface area contributed by atoms with E-state index in [4.69, 9.17) is 21.5 Å². The summed E-state index contributed by atoms with van der Waals surface area (Å²) in [6, 6.07) is 1.59. The molecule has 1 saturated heterocycles. The quantitative estimate of drug-likeness (QED) is 0.668. The number of aromatic nitrogens is 2. The van der Waals surface area contributed by atoms with E-state index in [1.807, 2.05) is 4.90 Å². The maximum Gasteiger partial charge on any atom is 0.253 e. The second-order valence-corrected chi connectivity index (χ2v) is 9.04. The predicted octanol–water partition coefficient (Wildman–Crippen LogP) is 0.916. The zero-order chi connectivity index (χ0) is 20.5. The molecular weight excluding hydrogens is 406 g/mol. The minimum Gasteiger partial charge on any atom is -0.481 e. The van der Waals surface area contributed by atoms with Crippen LogP contribution >= 0.6 is 11.6 Å². The number of allylic oxidation sites excluding steroid dienone is 1. The zero-order valence-corrected chi connectivity index (χ0v) is 17.1. The molecule has 1 aliphatic carbocycles. The molecule has 1 amide bonds. The van der Waals surface area contributed by atoms with Crippen LogP contribution in [0.4, 0.5) is 5.95 Å². The second kappa shape index (κ2) is 7.69. The van der Waals surface area contributed by atoms with E-state index in [1.165, 1.54) is 19.3 Å². The molecular formula is C17H22ClN5O4S. The fourth-order valence-corrected chi connectivity index (χ4v) is 4.79. The molecule has 2 unspecified atom stereocenters. The van der Waals surface area contributed by atoms with Gasteiger partial charge < -0.3 is 9.64 Å². The molecule has 1 aromatic heterocycles. The van der Waals surface area contributed by atoms with Crippen LogP contribution in [0.25, 0.3) is 0 Å². The zero-order valence-electron chi connectivity index (χ0n) is 15.6. The van der Waals surface area contributed by atoms with Crippen LogP contribution in [0.3, 0.4) is 0 Å². The summed E-state index contributed by atoms with van der Waals surface area (Å²) in [5.74, 6) is -0.587. The molecule has 2 atom stereocenters. The number of hydrogen-bond donors (Lipinski definition) is 2. The van der Waals surface area contributed by atoms with Crippen LogP contribution in [0.5, 0.6) is 5.88 Å². The molecule has 1 fully saturated rings. The molecule has 0 radical (unpaired) electrons. The summed E-state index contributed by atoms with van der Waals surface area (Å²) in [6.45, 7) is 3.33. The second-order valence-electron chi connectivity index (χ2n) is 6.73. The minimum atomic E-state index is -4.17. The average Bonchev–Trinajstić information content (AvgIpc) is 3.15. The Morgan fingerprint density at radius 2 is 2.07 bits per heavy atom. The number of likely N-dealkylation sites (tertiary alicyclic amines) is 1. The van der Waals surface area contributed by atoms with Gasteiger partial charge in [-0.15, -0.1) is 11.6 Å². The third-order valence-corrected chi connectivity index (χ3v) is 6.55. The fourth-order valence-electron chi connectivity index (χ4n) is 3.26. The molecule has 0 spiro atoms. The van der Waals surface area contributed by atoms with E-state index < -0.39 is 26.1 Å². The Bertz CT molecular complexity index is 943. The summed E-state index contributed by atoms with van der Waals surface area (Å²) in [5.41, 5.74) is 1.25. The van der Waals surface area contributed by atoms with Crippen molar-refractivity contribution in [3.63, 3.8) is 0 Å². The van der Waals surface area contributed by atoms with Crippen molar-refractivity contribution in [3.8, 4) is 5.88 Å². The van der Waals surface area contributed by atoms with Gasteiger partial charge in [-0.25, -0.2) is 18.5 Å². The number of alkyl halides is 1. The molecule has 11 heteroatoms. The van der Waals surface area contributed by atoms with Crippen molar-refractivity contribution in [2.45, 2.75) is 29.9 Å². The van der Waals surface area contributed by atoms with Crippen molar-refractivity contribution in [3.05, 3.63) is 35.7 Å². The van der Waals surface area contributed by atoms with Crippen molar-refractivity contribution in [2.24, 2.45) is 5.14 Å². The number of sulfonamides is 1. The Morgan fingerprint density at radius 1 is 1.39 bits per heavy atom. The standard InChI is InChI=1S/C17H22ClN5O4S/c1-11-9-14(27-2)21-16(20-11)22-15(24)17(18)6-5-12(23-7-3-4-8-23)10-13(17)28(19,25)26/h5-6,9-10,13H,3-4,7-8H2,1-2H3,(H2,19,25,26)(H,20,21,22,24). The molecule has 2 heterocycles. The van der Waals surface area contributed by atoms with Crippen LogP contribution < -0.4 is 15.2 Å². The van der Waals surface area contributed by atoms with E-state index >= 15 is 0 Å². The number of nitrogens with two attached hydrogens (primary N) is 1. The van der Waals surface area contributed by atoms with E-state index in [0.717, 1.165) is 25.9 Å². The summed E-state index contributed by atoms with van der Waals surface area (Å²) < 4.78 is 29.5. The Balaban J connectivity index is 1.91. The summed E-state index contributed by atoms with van der Waals surface area (Å²) >= 11 is 6.50. The number of rotatable bonds is 5. The molecule has 3 N–H and O–H groups in total. The average molecular weight is 428 g/mol. The van der Waals surface area contributed by atoms with E-state index in [1.54, 1.807) is 19.1 Å². The number of ether oxygens (including phenoxy) is 1. The number of aryl methyl sites for hydroxylation is 1. The summed E-state index contributed by atoms with van der Waals surface area (Å²) in [6.07, 6.45) is 6.48. The summed E-state index contributed by atoms with van der Waals surface area (Å²) in [4.78, 5) is 21.1. The third kappa shape index (κ3) is 4.13. The molecule has 1 aliphatic heterocycles. The Hall–Kier alpha value is -2.17. The van der Waals surface area contributed by atoms with Crippen LogP contribution in [0.2, 0.25) is 0 Å². The van der Waals surface area contributed by atoms with Crippen molar-refractivity contribution < 1.29 is 17.9 Å². The molecule has 152 valence electrons. The molecule has 9 nitrogen and oxygen atoms in total. The Morgan fingerprint density at radius 3 is 2.68 bits per heavy atom. The van der Waals surface area contributed by atoms with Crippen LogP contribution in [0.15, 0.2) is 30.0 Å². The first kappa shape index (κ1) is 20.6. The number of carbonyl (C=O) groups excluding carboxylic acids is 1. The minimum absolute atomic E-state index is 0.0437. The van der Waals surface area contributed by atoms with Gasteiger partial charge in [0.15, 0.2) is 4.87 Å². The molecule has 0 bridgehead atoms. The van der Waals surface area contributed by atoms with Crippen molar-refractivity contribution in [1.82, 2.24) is 14.9 Å². The number of anilines is 1. The molecule has 0 aromatic carbocycles. The van der Waals surface area contributed by atoms with Crippen LogP contribution in [-0.4, -0.2) is 59.5 Å². The van der Waals surface area contributed by atoms with Gasteiger partial charge in [-0.2, -0.15) is 4.98 Å². The van der Waals surface area contributed by atoms with Crippen LogP contribution in [0.1, 0.15) is 18.5 Å². The lowest BCUT2D eigenvalue weighted by atomic mass is 9.96. The van der Waals surface area contributed by atoms with Crippen LogP contribution in [0, 0.1) is 6.92 Å². The highest BCUT2D eigenvalue weighted by Gasteiger charge is 2.49. The lowest BCUT2D eigenvalue weighted by Gasteiger charge is -2.33. The van der Waals surface area contributed by atoms with Gasteiger partial charge in [0.1, 0.15) is 5.25 Å². The highest BCUT2D eigenvalue weighted by molar-refractivity contribution is 7.90. The van der Waals surface area contributed by atoms with Crippen molar-refractivity contribution in [1.29, 1.82) is 0 Å². The van der Waals surface area contributed by atoms with Gasteiger partial charge in [0.25, 0.3) is 5.91 Å². The molecule has 0 saturated carbocycles. The number of nitrogens with zero attached hydrogens (tertiary/aromatic N) is 3. The topological polar surface area (TPSA) is 128 Å². The maximum atomic E-state index is 12.9. The number of hydrogen-bond acceptors (Lipinski definition) is 7. The van der Waals surface area contributed by atoms with Crippen molar-refractivity contribution >= 4 is 33.5 Å². The molecule has 1 aromatic rings. The van der Waals surface area contributed by atoms with Gasteiger partial charge in [-0.1, -0.05) is 6.08 Å². The lowest BCUT2D eigenvalue weighted by Crippen LogP contribution is -2.52. The Labute approximate surface area is 168 Å². The first-order valence-corrected chi connectivity index (χ1v) is 10.7. The van der Waals surface area contributed by atoms with Crippen molar-refractivity contribution in [2.75, 3.05) is 25.5 Å². The van der Waals surface area contributed by atoms with E-state index in [2.05, 4.69) is 15.3 Å². The highest BCUT2D eigenvalue weighted by atomic mass is 35.5. The number of carbonyl (C=O) groups is 1. The van der Waals surface area contributed by atoms with Gasteiger partial charge in [0.2, 0.25) is 21.9 Å². The van der Waals surface area contributed by atoms with Gasteiger partial charge in [0, 0.05) is 30.5 Å². The van der Waals surface area contributed by atoms with Gasteiger partial charge >= 0.3 is 0 Å². The first-order valence-electron chi connectivity index (χ1n) is 8.71. The predicted molar refractivity (Wildman–Crippen MR) is 105 cm³/mol. The van der Waals surface area contributed by atoms with Gasteiger partial charge in [-0.3, -0.25) is 10.1 Å². The number of nitrogens with one attached hydrogen (secondary N) is 1. The number of methoxy groups -OCH3 is 1. The number of amides is 1. The monoisotopic (exact) mass is 427 g/mol. The summed E-state index contributed by atoms with van der Waals surface area (Å²) in [5, 5.41) is 6.44. The number of halogens is 1.